The normalized spacial score (nSPS) is 26.9. The van der Waals surface area contributed by atoms with E-state index in [0.29, 0.717) is 12.8 Å². The highest BCUT2D eigenvalue weighted by atomic mass is 32.2. The van der Waals surface area contributed by atoms with Gasteiger partial charge >= 0.3 is 0 Å². The zero-order chi connectivity index (χ0) is 9.90. The molecule has 0 N–H and O–H groups in total. The molecule has 1 atom stereocenters. The summed E-state index contributed by atoms with van der Waals surface area (Å²) in [6, 6.07) is 0. The SMILES string of the molecule is O=[N+]([O-])CCC1CCCS(=O)(=O)C1. The molecule has 0 aliphatic carbocycles. The van der Waals surface area contributed by atoms with E-state index >= 15 is 0 Å². The predicted molar refractivity (Wildman–Crippen MR) is 47.9 cm³/mol. The Morgan fingerprint density at radius 1 is 1.46 bits per heavy atom. The van der Waals surface area contributed by atoms with E-state index in [0.717, 1.165) is 6.42 Å². The van der Waals surface area contributed by atoms with Crippen LogP contribution in [0.5, 0.6) is 0 Å². The van der Waals surface area contributed by atoms with E-state index in [1.807, 2.05) is 0 Å². The Labute approximate surface area is 77.2 Å². The van der Waals surface area contributed by atoms with Crippen LogP contribution in [0.15, 0.2) is 0 Å². The first-order chi connectivity index (χ1) is 5.99. The van der Waals surface area contributed by atoms with Crippen molar-refractivity contribution in [1.82, 2.24) is 0 Å². The molecule has 76 valence electrons. The third-order valence-electron chi connectivity index (χ3n) is 2.28. The van der Waals surface area contributed by atoms with Gasteiger partial charge in [-0.15, -0.1) is 0 Å². The summed E-state index contributed by atoms with van der Waals surface area (Å²) in [6.07, 6.45) is 1.87. The first kappa shape index (κ1) is 10.4. The highest BCUT2D eigenvalue weighted by Crippen LogP contribution is 2.20. The van der Waals surface area contributed by atoms with E-state index < -0.39 is 9.84 Å². The molecular weight excluding hydrogens is 194 g/mol. The molecule has 0 amide bonds. The Bertz CT molecular complexity index is 285. The van der Waals surface area contributed by atoms with Gasteiger partial charge < -0.3 is 0 Å². The zero-order valence-electron chi connectivity index (χ0n) is 7.31. The van der Waals surface area contributed by atoms with Crippen molar-refractivity contribution in [2.24, 2.45) is 5.92 Å². The molecule has 6 heteroatoms. The van der Waals surface area contributed by atoms with Gasteiger partial charge in [0.2, 0.25) is 6.54 Å². The molecule has 0 saturated carbocycles. The van der Waals surface area contributed by atoms with Gasteiger partial charge in [0.25, 0.3) is 0 Å². The monoisotopic (exact) mass is 207 g/mol. The summed E-state index contributed by atoms with van der Waals surface area (Å²) < 4.78 is 22.3. The molecule has 1 fully saturated rings. The van der Waals surface area contributed by atoms with Gasteiger partial charge in [0, 0.05) is 11.3 Å². The molecule has 1 aliphatic rings. The Hall–Kier alpha value is -0.650. The quantitative estimate of drug-likeness (QED) is 0.498. The van der Waals surface area contributed by atoms with Crippen molar-refractivity contribution in [1.29, 1.82) is 0 Å². The fraction of sp³-hybridized carbons (Fsp3) is 1.00. The molecule has 1 saturated heterocycles. The van der Waals surface area contributed by atoms with Gasteiger partial charge in [0.15, 0.2) is 9.84 Å². The van der Waals surface area contributed by atoms with E-state index in [1.54, 1.807) is 0 Å². The molecule has 0 aromatic carbocycles. The lowest BCUT2D eigenvalue weighted by Gasteiger charge is -2.19. The van der Waals surface area contributed by atoms with Gasteiger partial charge in [-0.3, -0.25) is 10.1 Å². The molecule has 13 heavy (non-hydrogen) atoms. The van der Waals surface area contributed by atoms with Gasteiger partial charge in [0.05, 0.1) is 11.5 Å². The Morgan fingerprint density at radius 2 is 2.15 bits per heavy atom. The maximum absolute atomic E-state index is 11.1. The molecular formula is C7H13NO4S. The fourth-order valence-electron chi connectivity index (χ4n) is 1.63. The maximum Gasteiger partial charge on any atom is 0.204 e. The van der Waals surface area contributed by atoms with E-state index in [-0.39, 0.29) is 28.9 Å². The molecule has 0 aromatic rings. The third-order valence-corrected chi connectivity index (χ3v) is 4.17. The summed E-state index contributed by atoms with van der Waals surface area (Å²) in [6.45, 7) is -0.111. The summed E-state index contributed by atoms with van der Waals surface area (Å²) in [4.78, 5) is 9.67. The van der Waals surface area contributed by atoms with Crippen LogP contribution in [0.3, 0.4) is 0 Å². The van der Waals surface area contributed by atoms with Gasteiger partial charge in [-0.1, -0.05) is 0 Å². The molecule has 0 aromatic heterocycles. The van der Waals surface area contributed by atoms with Crippen LogP contribution < -0.4 is 0 Å². The van der Waals surface area contributed by atoms with Crippen molar-refractivity contribution in [3.05, 3.63) is 10.1 Å². The second-order valence-corrected chi connectivity index (χ2v) is 5.70. The summed E-state index contributed by atoms with van der Waals surface area (Å²) in [5.74, 6) is 0.396. The van der Waals surface area contributed by atoms with Crippen LogP contribution in [0.2, 0.25) is 0 Å². The minimum absolute atomic E-state index is 0.00384. The van der Waals surface area contributed by atoms with Crippen molar-refractivity contribution < 1.29 is 13.3 Å². The van der Waals surface area contributed by atoms with Gasteiger partial charge in [-0.2, -0.15) is 0 Å². The molecule has 1 heterocycles. The van der Waals surface area contributed by atoms with E-state index in [1.165, 1.54) is 0 Å². The molecule has 5 nitrogen and oxygen atoms in total. The predicted octanol–water partition coefficient (Wildman–Crippen LogP) is 0.478. The number of hydrogen-bond donors (Lipinski definition) is 0. The largest absolute Gasteiger partial charge is 0.265 e. The van der Waals surface area contributed by atoms with Crippen molar-refractivity contribution >= 4 is 9.84 Å². The summed E-state index contributed by atoms with van der Waals surface area (Å²) in [5, 5.41) is 10.1. The summed E-state index contributed by atoms with van der Waals surface area (Å²) >= 11 is 0. The van der Waals surface area contributed by atoms with Crippen molar-refractivity contribution in [2.75, 3.05) is 18.1 Å². The molecule has 1 unspecified atom stereocenters. The second kappa shape index (κ2) is 4.04. The average molecular weight is 207 g/mol. The number of sulfone groups is 1. The van der Waals surface area contributed by atoms with Crippen LogP contribution in [-0.2, 0) is 9.84 Å². The first-order valence-electron chi connectivity index (χ1n) is 4.32. The molecule has 0 radical (unpaired) electrons. The molecule has 0 spiro atoms. The van der Waals surface area contributed by atoms with Crippen LogP contribution in [0.25, 0.3) is 0 Å². The lowest BCUT2D eigenvalue weighted by molar-refractivity contribution is -0.481. The highest BCUT2D eigenvalue weighted by molar-refractivity contribution is 7.91. The molecule has 1 aliphatic heterocycles. The van der Waals surface area contributed by atoms with Gasteiger partial charge in [0.1, 0.15) is 0 Å². The lowest BCUT2D eigenvalue weighted by atomic mass is 10.0. The molecule has 0 bridgehead atoms. The van der Waals surface area contributed by atoms with Crippen molar-refractivity contribution in [3.8, 4) is 0 Å². The van der Waals surface area contributed by atoms with E-state index in [4.69, 9.17) is 0 Å². The Morgan fingerprint density at radius 3 is 2.69 bits per heavy atom. The van der Waals surface area contributed by atoms with Gasteiger partial charge in [-0.25, -0.2) is 8.42 Å². The van der Waals surface area contributed by atoms with Crippen molar-refractivity contribution in [3.63, 3.8) is 0 Å². The highest BCUT2D eigenvalue weighted by Gasteiger charge is 2.25. The minimum atomic E-state index is -2.90. The maximum atomic E-state index is 11.1. The number of hydrogen-bond acceptors (Lipinski definition) is 4. The van der Waals surface area contributed by atoms with Crippen LogP contribution in [0.1, 0.15) is 19.3 Å². The van der Waals surface area contributed by atoms with Crippen LogP contribution in [0.4, 0.5) is 0 Å². The standard InChI is InChI=1S/C7H13NO4S/c9-8(10)4-3-7-2-1-5-13(11,12)6-7/h7H,1-6H2. The first-order valence-corrected chi connectivity index (χ1v) is 6.14. The van der Waals surface area contributed by atoms with Crippen molar-refractivity contribution in [2.45, 2.75) is 19.3 Å². The van der Waals surface area contributed by atoms with E-state index in [9.17, 15) is 18.5 Å². The second-order valence-electron chi connectivity index (χ2n) is 3.47. The minimum Gasteiger partial charge on any atom is -0.265 e. The van der Waals surface area contributed by atoms with Gasteiger partial charge in [-0.05, 0) is 18.8 Å². The van der Waals surface area contributed by atoms with Crippen LogP contribution >= 0.6 is 0 Å². The summed E-state index contributed by atoms with van der Waals surface area (Å²) in [5.41, 5.74) is 0. The molecule has 1 rings (SSSR count). The van der Waals surface area contributed by atoms with E-state index in [2.05, 4.69) is 0 Å². The fourth-order valence-corrected chi connectivity index (χ4v) is 3.46. The Balaban J connectivity index is 2.39. The lowest BCUT2D eigenvalue weighted by Crippen LogP contribution is -2.26. The number of nitrogens with zero attached hydrogens (tertiary/aromatic N) is 1. The number of rotatable bonds is 3. The summed E-state index contributed by atoms with van der Waals surface area (Å²) in [7, 11) is -2.90. The Kier molecular flexibility index (Phi) is 3.24. The van der Waals surface area contributed by atoms with Crippen LogP contribution in [0, 0.1) is 16.0 Å². The number of nitro groups is 1. The smallest absolute Gasteiger partial charge is 0.204 e. The zero-order valence-corrected chi connectivity index (χ0v) is 8.12. The topological polar surface area (TPSA) is 77.3 Å². The average Bonchev–Trinajstić information content (AvgIpc) is 1.99. The van der Waals surface area contributed by atoms with Crippen LogP contribution in [-0.4, -0.2) is 31.4 Å². The third kappa shape index (κ3) is 3.71.